The molecule has 5 rings (SSSR count). The molecule has 0 atom stereocenters. The van der Waals surface area contributed by atoms with Gasteiger partial charge in [-0.2, -0.15) is 0 Å². The smallest absolute Gasteiger partial charge is 0.167 e. The minimum Gasteiger partial charge on any atom is -0.368 e. The fourth-order valence-electron chi connectivity index (χ4n) is 4.71. The molecule has 0 radical (unpaired) electrons. The monoisotopic (exact) mass is 439 g/mol. The van der Waals surface area contributed by atoms with Crippen molar-refractivity contribution in [2.24, 2.45) is 0 Å². The molecule has 0 bridgehead atoms. The Bertz CT molecular complexity index is 1100. The van der Waals surface area contributed by atoms with E-state index in [1.165, 1.54) is 30.2 Å². The third-order valence-electron chi connectivity index (χ3n) is 6.46. The number of thiophene rings is 1. The maximum absolute atomic E-state index is 14.8. The number of carbonyl (C=O) groups excluding carboxylic acids is 1. The molecule has 6 nitrogen and oxygen atoms in total. The Balaban J connectivity index is 1.41. The lowest BCUT2D eigenvalue weighted by molar-refractivity contribution is 0.112. The lowest BCUT2D eigenvalue weighted by Crippen LogP contribution is -2.44. The fourth-order valence-corrected chi connectivity index (χ4v) is 5.77. The number of halogens is 1. The van der Waals surface area contributed by atoms with E-state index in [1.54, 1.807) is 12.4 Å². The van der Waals surface area contributed by atoms with Gasteiger partial charge in [0.2, 0.25) is 0 Å². The number of rotatable bonds is 5. The van der Waals surface area contributed by atoms with Gasteiger partial charge in [0.25, 0.3) is 0 Å². The molecule has 4 heterocycles. The first-order valence-corrected chi connectivity index (χ1v) is 11.7. The van der Waals surface area contributed by atoms with Crippen LogP contribution in [0.5, 0.6) is 0 Å². The number of fused-ring (bicyclic) bond motifs is 1. The minimum atomic E-state index is -0.395. The maximum atomic E-state index is 14.8. The average molecular weight is 440 g/mol. The number of aldehydes is 1. The van der Waals surface area contributed by atoms with Gasteiger partial charge in [0, 0.05) is 43.8 Å². The number of piperazine rings is 1. The van der Waals surface area contributed by atoms with Crippen molar-refractivity contribution >= 4 is 45.0 Å². The second-order valence-corrected chi connectivity index (χ2v) is 9.57. The van der Waals surface area contributed by atoms with Gasteiger partial charge in [0.15, 0.2) is 17.9 Å². The van der Waals surface area contributed by atoms with Gasteiger partial charge in [-0.15, -0.1) is 11.3 Å². The second kappa shape index (κ2) is 8.51. The number of nitrogens with zero attached hydrogens (tertiary/aromatic N) is 4. The molecule has 31 heavy (non-hydrogen) atoms. The van der Waals surface area contributed by atoms with Crippen LogP contribution in [-0.4, -0.2) is 54.4 Å². The molecular formula is C23H26FN5OS. The van der Waals surface area contributed by atoms with Gasteiger partial charge < -0.3 is 15.1 Å². The molecule has 162 valence electrons. The van der Waals surface area contributed by atoms with Gasteiger partial charge in [-0.1, -0.05) is 12.8 Å². The van der Waals surface area contributed by atoms with Crippen LogP contribution < -0.4 is 10.2 Å². The zero-order chi connectivity index (χ0) is 21.4. The quantitative estimate of drug-likeness (QED) is 0.577. The lowest BCUT2D eigenvalue weighted by Gasteiger charge is -2.33. The highest BCUT2D eigenvalue weighted by Crippen LogP contribution is 2.43. The molecule has 1 aliphatic heterocycles. The van der Waals surface area contributed by atoms with Crippen LogP contribution in [0.1, 0.15) is 46.8 Å². The van der Waals surface area contributed by atoms with E-state index < -0.39 is 5.82 Å². The first kappa shape index (κ1) is 20.3. The van der Waals surface area contributed by atoms with Gasteiger partial charge in [-0.05, 0) is 37.4 Å². The third kappa shape index (κ3) is 4.02. The standard InChI is InChI=1S/C23H26FN5OS/c1-28-6-8-29(9-7-28)16-10-18(24)23(26-12-16)27-21-11-17-19(13-25-21)31-20(14-30)22(17)15-4-2-3-5-15/h10-15H,2-9H2,1H3,(H,25,26,27). The van der Waals surface area contributed by atoms with Gasteiger partial charge in [-0.3, -0.25) is 4.79 Å². The van der Waals surface area contributed by atoms with E-state index >= 15 is 0 Å². The highest BCUT2D eigenvalue weighted by Gasteiger charge is 2.24. The number of likely N-dealkylation sites (N-methyl/N-ethyl adjacent to an activating group) is 1. The Labute approximate surface area is 185 Å². The predicted octanol–water partition coefficient (Wildman–Crippen LogP) is 4.80. The van der Waals surface area contributed by atoms with Crippen molar-refractivity contribution in [2.75, 3.05) is 43.4 Å². The molecule has 3 aromatic heterocycles. The van der Waals surface area contributed by atoms with Gasteiger partial charge >= 0.3 is 0 Å². The van der Waals surface area contributed by atoms with Crippen molar-refractivity contribution in [1.29, 1.82) is 0 Å². The Morgan fingerprint density at radius 1 is 1.13 bits per heavy atom. The van der Waals surface area contributed by atoms with E-state index in [-0.39, 0.29) is 5.82 Å². The number of hydrogen-bond donors (Lipinski definition) is 1. The van der Waals surface area contributed by atoms with Gasteiger partial charge in [-0.25, -0.2) is 14.4 Å². The summed E-state index contributed by atoms with van der Waals surface area (Å²) in [4.78, 5) is 25.6. The van der Waals surface area contributed by atoms with E-state index in [9.17, 15) is 9.18 Å². The van der Waals surface area contributed by atoms with Crippen LogP contribution in [-0.2, 0) is 0 Å². The zero-order valence-corrected chi connectivity index (χ0v) is 18.4. The third-order valence-corrected chi connectivity index (χ3v) is 7.54. The summed E-state index contributed by atoms with van der Waals surface area (Å²) in [6, 6.07) is 3.47. The van der Waals surface area contributed by atoms with Crippen LogP contribution in [0.2, 0.25) is 0 Å². The molecule has 8 heteroatoms. The topological polar surface area (TPSA) is 61.4 Å². The summed E-state index contributed by atoms with van der Waals surface area (Å²) >= 11 is 1.49. The van der Waals surface area contributed by atoms with Crippen LogP contribution >= 0.6 is 11.3 Å². The van der Waals surface area contributed by atoms with Crippen LogP contribution in [0.25, 0.3) is 10.1 Å². The van der Waals surface area contributed by atoms with Crippen molar-refractivity contribution in [3.63, 3.8) is 0 Å². The van der Waals surface area contributed by atoms with Crippen LogP contribution in [0.4, 0.5) is 21.7 Å². The largest absolute Gasteiger partial charge is 0.368 e. The first-order valence-electron chi connectivity index (χ1n) is 10.9. The summed E-state index contributed by atoms with van der Waals surface area (Å²) in [5, 5.41) is 4.09. The van der Waals surface area contributed by atoms with E-state index in [0.717, 1.165) is 71.5 Å². The number of carbonyl (C=O) groups is 1. The Morgan fingerprint density at radius 3 is 2.61 bits per heavy atom. The highest BCUT2D eigenvalue weighted by atomic mass is 32.1. The summed E-state index contributed by atoms with van der Waals surface area (Å²) in [5.74, 6) is 0.730. The molecule has 2 fully saturated rings. The number of anilines is 3. The zero-order valence-electron chi connectivity index (χ0n) is 17.6. The van der Waals surface area contributed by atoms with Crippen molar-refractivity contribution in [3.8, 4) is 0 Å². The van der Waals surface area contributed by atoms with Gasteiger partial charge in [0.05, 0.1) is 21.5 Å². The summed E-state index contributed by atoms with van der Waals surface area (Å²) in [6.07, 6.45) is 9.07. The van der Waals surface area contributed by atoms with Crippen molar-refractivity contribution in [3.05, 3.63) is 40.8 Å². The van der Waals surface area contributed by atoms with Crippen molar-refractivity contribution < 1.29 is 9.18 Å². The molecular weight excluding hydrogens is 413 g/mol. The normalized spacial score (nSPS) is 18.1. The number of hydrogen-bond acceptors (Lipinski definition) is 7. The van der Waals surface area contributed by atoms with E-state index in [4.69, 9.17) is 0 Å². The Hall–Kier alpha value is -2.58. The summed E-state index contributed by atoms with van der Waals surface area (Å²) in [5.41, 5.74) is 1.94. The molecule has 1 aliphatic carbocycles. The van der Waals surface area contributed by atoms with E-state index in [1.807, 2.05) is 6.07 Å². The summed E-state index contributed by atoms with van der Waals surface area (Å²) < 4.78 is 15.8. The number of nitrogens with one attached hydrogen (secondary N) is 1. The van der Waals surface area contributed by atoms with Gasteiger partial charge in [0.1, 0.15) is 5.82 Å². The summed E-state index contributed by atoms with van der Waals surface area (Å²) in [6.45, 7) is 3.64. The minimum absolute atomic E-state index is 0.165. The predicted molar refractivity (Wildman–Crippen MR) is 123 cm³/mol. The molecule has 1 saturated carbocycles. The molecule has 3 aromatic rings. The Kier molecular flexibility index (Phi) is 5.58. The molecule has 1 N–H and O–H groups in total. The highest BCUT2D eigenvalue weighted by molar-refractivity contribution is 7.20. The number of pyridine rings is 2. The van der Waals surface area contributed by atoms with Crippen LogP contribution in [0.3, 0.4) is 0 Å². The van der Waals surface area contributed by atoms with Crippen LogP contribution in [0, 0.1) is 5.82 Å². The lowest BCUT2D eigenvalue weighted by atomic mass is 9.95. The molecule has 0 spiro atoms. The molecule has 1 saturated heterocycles. The second-order valence-electron chi connectivity index (χ2n) is 8.48. The average Bonchev–Trinajstić information content (AvgIpc) is 3.42. The summed E-state index contributed by atoms with van der Waals surface area (Å²) in [7, 11) is 2.09. The van der Waals surface area contributed by atoms with E-state index in [0.29, 0.717) is 11.7 Å². The molecule has 2 aliphatic rings. The molecule has 0 unspecified atom stereocenters. The first-order chi connectivity index (χ1) is 15.1. The maximum Gasteiger partial charge on any atom is 0.167 e. The molecule has 0 amide bonds. The van der Waals surface area contributed by atoms with E-state index in [2.05, 4.69) is 32.1 Å². The van der Waals surface area contributed by atoms with Crippen molar-refractivity contribution in [2.45, 2.75) is 31.6 Å². The Morgan fingerprint density at radius 2 is 1.90 bits per heavy atom. The fraction of sp³-hybridized carbons (Fsp3) is 0.435. The molecule has 0 aromatic carbocycles. The van der Waals surface area contributed by atoms with Crippen molar-refractivity contribution in [1.82, 2.24) is 14.9 Å². The SMILES string of the molecule is CN1CCN(c2cnc(Nc3cc4c(C5CCCC5)c(C=O)sc4cn3)c(F)c2)CC1. The van der Waals surface area contributed by atoms with Crippen LogP contribution in [0.15, 0.2) is 24.5 Å². The number of aromatic nitrogens is 2.